The zero-order valence-electron chi connectivity index (χ0n) is 16.8. The number of aryl methyl sites for hydroxylation is 1. The molecule has 150 valence electrons. The third-order valence-electron chi connectivity index (χ3n) is 6.06. The number of benzene rings is 3. The number of carbonyl (C=O) groups excluding carboxylic acids is 1. The minimum atomic E-state index is -0.249. The molecule has 5 rings (SSSR count). The molecule has 0 bridgehead atoms. The lowest BCUT2D eigenvalue weighted by molar-refractivity contribution is -0.116. The van der Waals surface area contributed by atoms with E-state index in [1.165, 1.54) is 11.6 Å². The number of halogens is 1. The van der Waals surface area contributed by atoms with Crippen LogP contribution in [0.15, 0.2) is 84.1 Å². The fourth-order valence-electron chi connectivity index (χ4n) is 4.53. The lowest BCUT2D eigenvalue weighted by Gasteiger charge is -2.30. The van der Waals surface area contributed by atoms with Crippen molar-refractivity contribution in [3.8, 4) is 0 Å². The number of anilines is 2. The molecule has 1 aliphatic carbocycles. The van der Waals surface area contributed by atoms with Crippen LogP contribution in [0.3, 0.4) is 0 Å². The molecule has 0 radical (unpaired) electrons. The Balaban J connectivity index is 1.62. The number of nitrogens with one attached hydrogen (secondary N) is 2. The molecule has 3 aromatic carbocycles. The third-order valence-corrected chi connectivity index (χ3v) is 6.06. The van der Waals surface area contributed by atoms with E-state index in [0.29, 0.717) is 18.4 Å². The van der Waals surface area contributed by atoms with Gasteiger partial charge in [0, 0.05) is 17.7 Å². The number of para-hydroxylation sites is 2. The molecule has 0 saturated carbocycles. The fraction of sp³-hybridized carbons (Fsp3) is 0.192. The van der Waals surface area contributed by atoms with Crippen LogP contribution in [-0.2, 0) is 4.79 Å². The van der Waals surface area contributed by atoms with Gasteiger partial charge < -0.3 is 10.6 Å². The first-order valence-electron chi connectivity index (χ1n) is 10.3. The summed E-state index contributed by atoms with van der Waals surface area (Å²) < 4.78 is 14.5. The summed E-state index contributed by atoms with van der Waals surface area (Å²) in [6.45, 7) is 2.05. The van der Waals surface area contributed by atoms with Crippen molar-refractivity contribution < 1.29 is 9.18 Å². The van der Waals surface area contributed by atoms with Crippen LogP contribution < -0.4 is 10.6 Å². The van der Waals surface area contributed by atoms with Gasteiger partial charge in [-0.15, -0.1) is 0 Å². The van der Waals surface area contributed by atoms with Crippen LogP contribution in [0.25, 0.3) is 0 Å². The normalized spacial score (nSPS) is 20.5. The SMILES string of the molecule is Cc1ccc(C2Nc3ccccc3NC3=C2C(=O)CC(c2ccccc2F)C3)cc1. The lowest BCUT2D eigenvalue weighted by Crippen LogP contribution is -2.27. The van der Waals surface area contributed by atoms with Crippen molar-refractivity contribution in [2.24, 2.45) is 0 Å². The van der Waals surface area contributed by atoms with Crippen LogP contribution in [0.1, 0.15) is 41.5 Å². The van der Waals surface area contributed by atoms with Crippen molar-refractivity contribution >= 4 is 17.2 Å². The summed E-state index contributed by atoms with van der Waals surface area (Å²) in [5, 5.41) is 7.07. The molecular formula is C26H23FN2O. The van der Waals surface area contributed by atoms with Gasteiger partial charge >= 0.3 is 0 Å². The summed E-state index contributed by atoms with van der Waals surface area (Å²) in [4.78, 5) is 13.4. The first-order chi connectivity index (χ1) is 14.6. The Bertz CT molecular complexity index is 1150. The first kappa shape index (κ1) is 18.6. The topological polar surface area (TPSA) is 41.1 Å². The largest absolute Gasteiger partial charge is 0.372 e. The molecule has 1 heterocycles. The second kappa shape index (κ2) is 7.45. The molecule has 3 aromatic rings. The van der Waals surface area contributed by atoms with Crippen molar-refractivity contribution in [1.29, 1.82) is 0 Å². The summed E-state index contributed by atoms with van der Waals surface area (Å²) in [5.41, 5.74) is 6.34. The standard InChI is InChI=1S/C26H23FN2O/c1-16-10-12-17(13-11-16)26-25-23(28-21-8-4-5-9-22(21)29-26)14-18(15-24(25)30)19-6-2-3-7-20(19)27/h2-13,18,26,28-29H,14-15H2,1H3. The average molecular weight is 398 g/mol. The Morgan fingerprint density at radius 3 is 2.33 bits per heavy atom. The van der Waals surface area contributed by atoms with E-state index >= 15 is 0 Å². The molecular weight excluding hydrogens is 375 g/mol. The molecule has 0 fully saturated rings. The van der Waals surface area contributed by atoms with Gasteiger partial charge in [0.2, 0.25) is 0 Å². The van der Waals surface area contributed by atoms with E-state index in [1.807, 2.05) is 30.3 Å². The van der Waals surface area contributed by atoms with Crippen molar-refractivity contribution in [2.75, 3.05) is 10.6 Å². The summed E-state index contributed by atoms with van der Waals surface area (Å²) >= 11 is 0. The van der Waals surface area contributed by atoms with E-state index < -0.39 is 0 Å². The molecule has 0 aromatic heterocycles. The van der Waals surface area contributed by atoms with Gasteiger partial charge in [-0.3, -0.25) is 4.79 Å². The van der Waals surface area contributed by atoms with E-state index in [-0.39, 0.29) is 23.6 Å². The maximum atomic E-state index is 14.5. The van der Waals surface area contributed by atoms with Crippen molar-refractivity contribution in [3.05, 3.63) is 107 Å². The van der Waals surface area contributed by atoms with E-state index in [0.717, 1.165) is 28.2 Å². The van der Waals surface area contributed by atoms with Gasteiger partial charge in [0.05, 0.1) is 17.4 Å². The summed E-state index contributed by atoms with van der Waals surface area (Å²) in [6, 6.07) is 22.8. The van der Waals surface area contributed by atoms with Crippen LogP contribution in [0.2, 0.25) is 0 Å². The maximum Gasteiger partial charge on any atom is 0.163 e. The van der Waals surface area contributed by atoms with Gasteiger partial charge in [-0.2, -0.15) is 0 Å². The highest BCUT2D eigenvalue weighted by Crippen LogP contribution is 2.44. The molecule has 0 saturated heterocycles. The van der Waals surface area contributed by atoms with Crippen LogP contribution in [0.4, 0.5) is 15.8 Å². The highest BCUT2D eigenvalue weighted by Gasteiger charge is 2.36. The Morgan fingerprint density at radius 2 is 1.57 bits per heavy atom. The van der Waals surface area contributed by atoms with E-state index in [9.17, 15) is 9.18 Å². The molecule has 30 heavy (non-hydrogen) atoms. The zero-order chi connectivity index (χ0) is 20.7. The van der Waals surface area contributed by atoms with Gasteiger partial charge in [0.15, 0.2) is 5.78 Å². The number of allylic oxidation sites excluding steroid dienone is 1. The molecule has 4 heteroatoms. The van der Waals surface area contributed by atoms with Crippen LogP contribution in [0.5, 0.6) is 0 Å². The average Bonchev–Trinajstić information content (AvgIpc) is 2.91. The van der Waals surface area contributed by atoms with Crippen LogP contribution in [0, 0.1) is 12.7 Å². The number of hydrogen-bond donors (Lipinski definition) is 2. The maximum absolute atomic E-state index is 14.5. The number of fused-ring (bicyclic) bond motifs is 1. The van der Waals surface area contributed by atoms with Gasteiger partial charge in [-0.05, 0) is 48.6 Å². The number of Topliss-reactive ketones (excluding diaryl/α,β-unsaturated/α-hetero) is 1. The highest BCUT2D eigenvalue weighted by molar-refractivity contribution is 6.01. The Morgan fingerprint density at radius 1 is 0.867 bits per heavy atom. The van der Waals surface area contributed by atoms with Gasteiger partial charge in [0.1, 0.15) is 5.82 Å². The second-order valence-corrected chi connectivity index (χ2v) is 8.10. The van der Waals surface area contributed by atoms with Gasteiger partial charge in [-0.1, -0.05) is 60.2 Å². The summed E-state index contributed by atoms with van der Waals surface area (Å²) in [6.07, 6.45) is 0.905. The lowest BCUT2D eigenvalue weighted by atomic mass is 9.78. The van der Waals surface area contributed by atoms with E-state index in [2.05, 4.69) is 41.8 Å². The quantitative estimate of drug-likeness (QED) is 0.547. The van der Waals surface area contributed by atoms with Gasteiger partial charge in [-0.25, -0.2) is 4.39 Å². The van der Waals surface area contributed by atoms with Gasteiger partial charge in [0.25, 0.3) is 0 Å². The van der Waals surface area contributed by atoms with Crippen molar-refractivity contribution in [3.63, 3.8) is 0 Å². The molecule has 2 N–H and O–H groups in total. The predicted molar refractivity (Wildman–Crippen MR) is 118 cm³/mol. The zero-order valence-corrected chi connectivity index (χ0v) is 16.8. The number of ketones is 1. The first-order valence-corrected chi connectivity index (χ1v) is 10.3. The second-order valence-electron chi connectivity index (χ2n) is 8.10. The van der Waals surface area contributed by atoms with Crippen LogP contribution >= 0.6 is 0 Å². The number of rotatable bonds is 2. The Kier molecular flexibility index (Phi) is 4.62. The summed E-state index contributed by atoms with van der Waals surface area (Å²) in [5.74, 6) is -0.363. The highest BCUT2D eigenvalue weighted by atomic mass is 19.1. The molecule has 2 atom stereocenters. The molecule has 3 nitrogen and oxygen atoms in total. The number of carbonyl (C=O) groups is 1. The summed E-state index contributed by atoms with van der Waals surface area (Å²) in [7, 11) is 0. The fourth-order valence-corrected chi connectivity index (χ4v) is 4.53. The van der Waals surface area contributed by atoms with E-state index in [1.54, 1.807) is 12.1 Å². The third kappa shape index (κ3) is 3.28. The molecule has 1 aliphatic heterocycles. The van der Waals surface area contributed by atoms with E-state index in [4.69, 9.17) is 0 Å². The monoisotopic (exact) mass is 398 g/mol. The predicted octanol–water partition coefficient (Wildman–Crippen LogP) is 6.11. The Hall–Kier alpha value is -3.40. The number of hydrogen-bond acceptors (Lipinski definition) is 3. The minimum Gasteiger partial charge on any atom is -0.372 e. The molecule has 0 spiro atoms. The van der Waals surface area contributed by atoms with Crippen molar-refractivity contribution in [2.45, 2.75) is 31.7 Å². The Labute approximate surface area is 175 Å². The van der Waals surface area contributed by atoms with Crippen LogP contribution in [-0.4, -0.2) is 5.78 Å². The smallest absolute Gasteiger partial charge is 0.163 e. The molecule has 2 unspecified atom stereocenters. The minimum absolute atomic E-state index is 0.0582. The molecule has 2 aliphatic rings. The molecule has 0 amide bonds. The van der Waals surface area contributed by atoms with Crippen molar-refractivity contribution in [1.82, 2.24) is 0 Å².